The lowest BCUT2D eigenvalue weighted by Gasteiger charge is -2.22. The summed E-state index contributed by atoms with van der Waals surface area (Å²) in [5.74, 6) is 0.909. The average molecular weight is 496 g/mol. The summed E-state index contributed by atoms with van der Waals surface area (Å²) in [5, 5.41) is 0. The second kappa shape index (κ2) is 11.0. The van der Waals surface area contributed by atoms with Gasteiger partial charge in [0.15, 0.2) is 12.3 Å². The largest absolute Gasteiger partial charge is 0.496 e. The van der Waals surface area contributed by atoms with E-state index in [1.807, 2.05) is 0 Å². The van der Waals surface area contributed by atoms with Gasteiger partial charge in [0.1, 0.15) is 5.75 Å². The number of hydrogen-bond donors (Lipinski definition) is 0. The van der Waals surface area contributed by atoms with E-state index in [0.717, 1.165) is 37.4 Å². The normalized spacial score (nSPS) is 17.0. The molecule has 1 aliphatic rings. The van der Waals surface area contributed by atoms with Gasteiger partial charge in [-0.15, -0.1) is 0 Å². The van der Waals surface area contributed by atoms with E-state index < -0.39 is 0 Å². The summed E-state index contributed by atoms with van der Waals surface area (Å²) in [5.41, 5.74) is 11.7. The molecule has 0 bridgehead atoms. The molecule has 1 aliphatic heterocycles. The van der Waals surface area contributed by atoms with Crippen LogP contribution in [0.15, 0.2) is 60.7 Å². The lowest BCUT2D eigenvalue weighted by molar-refractivity contribution is -0.455. The van der Waals surface area contributed by atoms with E-state index in [1.54, 1.807) is 7.11 Å². The van der Waals surface area contributed by atoms with Gasteiger partial charge in [-0.1, -0.05) is 25.1 Å². The predicted octanol–water partition coefficient (Wildman–Crippen LogP) is 8.15. The van der Waals surface area contributed by atoms with Crippen molar-refractivity contribution < 1.29 is 9.31 Å². The number of rotatable bonds is 9. The van der Waals surface area contributed by atoms with Crippen LogP contribution in [0.1, 0.15) is 67.5 Å². The van der Waals surface area contributed by atoms with Crippen LogP contribution in [0.3, 0.4) is 0 Å². The van der Waals surface area contributed by atoms with Crippen LogP contribution >= 0.6 is 0 Å². The molecule has 3 nitrogen and oxygen atoms in total. The lowest BCUT2D eigenvalue weighted by atomic mass is 9.77. The molecule has 0 amide bonds. The van der Waals surface area contributed by atoms with E-state index in [-0.39, 0.29) is 5.41 Å². The first-order valence-corrected chi connectivity index (χ1v) is 13.7. The van der Waals surface area contributed by atoms with Crippen molar-refractivity contribution >= 4 is 23.2 Å². The van der Waals surface area contributed by atoms with Crippen LogP contribution < -0.4 is 9.64 Å². The van der Waals surface area contributed by atoms with Crippen LogP contribution in [0.2, 0.25) is 0 Å². The molecule has 0 spiro atoms. The van der Waals surface area contributed by atoms with E-state index in [9.17, 15) is 0 Å². The molecule has 3 aromatic carbocycles. The highest BCUT2D eigenvalue weighted by molar-refractivity contribution is 6.05. The third kappa shape index (κ3) is 4.97. The fourth-order valence-corrected chi connectivity index (χ4v) is 5.75. The van der Waals surface area contributed by atoms with Gasteiger partial charge >= 0.3 is 0 Å². The molecule has 3 heteroatoms. The molecule has 0 saturated carbocycles. The van der Waals surface area contributed by atoms with Crippen molar-refractivity contribution in [2.24, 2.45) is 0 Å². The zero-order valence-corrected chi connectivity index (χ0v) is 24.0. The molecular formula is C34H43N2O+. The summed E-state index contributed by atoms with van der Waals surface area (Å²) in [6.45, 7) is 18.5. The third-order valence-corrected chi connectivity index (χ3v) is 8.45. The summed E-state index contributed by atoms with van der Waals surface area (Å²) < 4.78 is 8.36. The zero-order valence-electron chi connectivity index (χ0n) is 24.0. The summed E-state index contributed by atoms with van der Waals surface area (Å²) in [6.07, 6.45) is 5.59. The monoisotopic (exact) mass is 495 g/mol. The van der Waals surface area contributed by atoms with E-state index in [1.165, 1.54) is 44.9 Å². The van der Waals surface area contributed by atoms with Crippen molar-refractivity contribution in [3.8, 4) is 5.75 Å². The molecule has 0 aromatic heterocycles. The van der Waals surface area contributed by atoms with Crippen molar-refractivity contribution in [2.75, 3.05) is 25.1 Å². The predicted molar refractivity (Wildman–Crippen MR) is 159 cm³/mol. The Balaban J connectivity index is 1.82. The molecule has 194 valence electrons. The van der Waals surface area contributed by atoms with Gasteiger partial charge in [0.25, 0.3) is 0 Å². The highest BCUT2D eigenvalue weighted by Gasteiger charge is 2.46. The van der Waals surface area contributed by atoms with Crippen molar-refractivity contribution in [1.82, 2.24) is 0 Å². The Morgan fingerprint density at radius 2 is 1.57 bits per heavy atom. The van der Waals surface area contributed by atoms with Crippen molar-refractivity contribution in [3.63, 3.8) is 0 Å². The van der Waals surface area contributed by atoms with Crippen LogP contribution in [0.5, 0.6) is 5.75 Å². The highest BCUT2D eigenvalue weighted by Crippen LogP contribution is 2.43. The van der Waals surface area contributed by atoms with Gasteiger partial charge in [-0.25, -0.2) is 0 Å². The summed E-state index contributed by atoms with van der Waals surface area (Å²) >= 11 is 0. The third-order valence-electron chi connectivity index (χ3n) is 8.45. The van der Waals surface area contributed by atoms with Gasteiger partial charge in [0.2, 0.25) is 5.69 Å². The van der Waals surface area contributed by atoms with Crippen LogP contribution in [-0.2, 0) is 12.0 Å². The average Bonchev–Trinajstić information content (AvgIpc) is 3.14. The standard InChI is InChI=1S/C34H43N2O/c1-9-34(7)30-14-12-13-15-31(30)36(23-27-20-24(4)26(6)25(5)21-27)33(34)19-17-28-16-18-29(22-32(28)37-8)35(10-2)11-3/h12-22H,9-11,23H2,1-8H3/q+1. The fourth-order valence-electron chi connectivity index (χ4n) is 5.75. The Hall–Kier alpha value is -3.33. The molecular weight excluding hydrogens is 452 g/mol. The SMILES string of the molecule is CCN(CC)c1ccc(/C=C/C2=[N+](Cc3cc(C)c(C)c(C)c3)c3ccccc3C2(C)CC)c(OC)c1. The number of hydrogen-bond acceptors (Lipinski definition) is 2. The maximum absolute atomic E-state index is 5.84. The maximum atomic E-state index is 5.84. The molecule has 37 heavy (non-hydrogen) atoms. The Morgan fingerprint density at radius 1 is 0.892 bits per heavy atom. The molecule has 1 heterocycles. The Labute approximate surface area is 224 Å². The number of nitrogens with zero attached hydrogens (tertiary/aromatic N) is 2. The van der Waals surface area contributed by atoms with Crippen LogP contribution in [0.4, 0.5) is 11.4 Å². The van der Waals surface area contributed by atoms with E-state index in [4.69, 9.17) is 4.74 Å². The quantitative estimate of drug-likeness (QED) is 0.278. The van der Waals surface area contributed by atoms with Gasteiger partial charge in [-0.3, -0.25) is 0 Å². The van der Waals surface area contributed by atoms with Gasteiger partial charge in [-0.05, 0) is 95.0 Å². The van der Waals surface area contributed by atoms with Gasteiger partial charge in [0, 0.05) is 53.7 Å². The van der Waals surface area contributed by atoms with E-state index in [2.05, 4.69) is 125 Å². The Bertz CT molecular complexity index is 1320. The summed E-state index contributed by atoms with van der Waals surface area (Å²) in [7, 11) is 1.77. The number of aryl methyl sites for hydroxylation is 2. The molecule has 0 aliphatic carbocycles. The van der Waals surface area contributed by atoms with E-state index >= 15 is 0 Å². The number of anilines is 1. The number of para-hydroxylation sites is 1. The molecule has 0 fully saturated rings. The fraction of sp³-hybridized carbons (Fsp3) is 0.382. The second-order valence-corrected chi connectivity index (χ2v) is 10.5. The van der Waals surface area contributed by atoms with Gasteiger partial charge < -0.3 is 9.64 Å². The minimum atomic E-state index is -0.0593. The molecule has 1 atom stereocenters. The molecule has 0 saturated heterocycles. The summed E-state index contributed by atoms with van der Waals surface area (Å²) in [6, 6.07) is 20.2. The molecule has 4 rings (SSSR count). The number of allylic oxidation sites excluding steroid dienone is 1. The zero-order chi connectivity index (χ0) is 26.7. The van der Waals surface area contributed by atoms with Crippen molar-refractivity contribution in [3.05, 3.63) is 94.1 Å². The van der Waals surface area contributed by atoms with Crippen molar-refractivity contribution in [2.45, 2.75) is 66.8 Å². The molecule has 0 N–H and O–H groups in total. The minimum absolute atomic E-state index is 0.0593. The van der Waals surface area contributed by atoms with Crippen molar-refractivity contribution in [1.29, 1.82) is 0 Å². The molecule has 3 aromatic rings. The lowest BCUT2D eigenvalue weighted by Crippen LogP contribution is -2.30. The Kier molecular flexibility index (Phi) is 7.92. The number of methoxy groups -OCH3 is 1. The Morgan fingerprint density at radius 3 is 2.19 bits per heavy atom. The van der Waals surface area contributed by atoms with E-state index in [0.29, 0.717) is 0 Å². The van der Waals surface area contributed by atoms with Crippen LogP contribution in [-0.4, -0.2) is 30.5 Å². The summed E-state index contributed by atoms with van der Waals surface area (Å²) in [4.78, 5) is 2.35. The molecule has 0 radical (unpaired) electrons. The number of fused-ring (bicyclic) bond motifs is 1. The van der Waals surface area contributed by atoms with Gasteiger partial charge in [-0.2, -0.15) is 4.58 Å². The van der Waals surface area contributed by atoms with Crippen LogP contribution in [0.25, 0.3) is 6.08 Å². The topological polar surface area (TPSA) is 15.5 Å². The van der Waals surface area contributed by atoms with Crippen LogP contribution in [0, 0.1) is 20.8 Å². The highest BCUT2D eigenvalue weighted by atomic mass is 16.5. The van der Waals surface area contributed by atoms with Gasteiger partial charge in [0.05, 0.1) is 12.5 Å². The number of ether oxygens (including phenoxy) is 1. The maximum Gasteiger partial charge on any atom is 0.210 e. The minimum Gasteiger partial charge on any atom is -0.496 e. The number of benzene rings is 3. The first-order valence-electron chi connectivity index (χ1n) is 13.7. The second-order valence-electron chi connectivity index (χ2n) is 10.5. The smallest absolute Gasteiger partial charge is 0.210 e. The first kappa shape index (κ1) is 26.7. The molecule has 1 unspecified atom stereocenters. The first-order chi connectivity index (χ1) is 17.8.